The SMILES string of the molecule is CC(=O)c1cccc(OCCCC(=O)Nc2ccccc2SC(C)CC#N)c1. The van der Waals surface area contributed by atoms with Crippen LogP contribution in [0.15, 0.2) is 53.4 Å². The van der Waals surface area contributed by atoms with Crippen molar-refractivity contribution in [3.63, 3.8) is 0 Å². The summed E-state index contributed by atoms with van der Waals surface area (Å²) in [5.74, 6) is 0.536. The zero-order valence-corrected chi connectivity index (χ0v) is 16.9. The molecule has 0 aliphatic carbocycles. The van der Waals surface area contributed by atoms with Gasteiger partial charge >= 0.3 is 0 Å². The number of hydrogen-bond donors (Lipinski definition) is 1. The Morgan fingerprint density at radius 1 is 1.21 bits per heavy atom. The smallest absolute Gasteiger partial charge is 0.224 e. The third-order valence-electron chi connectivity index (χ3n) is 3.93. The highest BCUT2D eigenvalue weighted by Crippen LogP contribution is 2.31. The number of carbonyl (C=O) groups is 2. The average Bonchev–Trinajstić information content (AvgIpc) is 2.67. The molecule has 2 aromatic carbocycles. The Balaban J connectivity index is 1.81. The zero-order chi connectivity index (χ0) is 20.4. The molecule has 1 amide bonds. The fraction of sp³-hybridized carbons (Fsp3) is 0.318. The second kappa shape index (κ2) is 11.2. The monoisotopic (exact) mass is 396 g/mol. The Morgan fingerprint density at radius 3 is 2.75 bits per heavy atom. The maximum Gasteiger partial charge on any atom is 0.224 e. The number of Topliss-reactive ketones (excluding diaryl/α,β-unsaturated/α-hetero) is 1. The van der Waals surface area contributed by atoms with Crippen LogP contribution in [-0.2, 0) is 4.79 Å². The van der Waals surface area contributed by atoms with Crippen LogP contribution >= 0.6 is 11.8 Å². The van der Waals surface area contributed by atoms with E-state index < -0.39 is 0 Å². The molecule has 5 nitrogen and oxygen atoms in total. The Kier molecular flexibility index (Phi) is 8.57. The number of anilines is 1. The molecule has 2 rings (SSSR count). The molecule has 6 heteroatoms. The predicted molar refractivity (Wildman–Crippen MR) is 112 cm³/mol. The van der Waals surface area contributed by atoms with Gasteiger partial charge in [-0.25, -0.2) is 0 Å². The molecule has 0 aliphatic heterocycles. The Bertz CT molecular complexity index is 861. The summed E-state index contributed by atoms with van der Waals surface area (Å²) in [4.78, 5) is 24.6. The van der Waals surface area contributed by atoms with Crippen molar-refractivity contribution in [2.24, 2.45) is 0 Å². The fourth-order valence-electron chi connectivity index (χ4n) is 2.50. The van der Waals surface area contributed by atoms with Crippen molar-refractivity contribution >= 4 is 29.1 Å². The number of ketones is 1. The Morgan fingerprint density at radius 2 is 2.00 bits per heavy atom. The second-order valence-electron chi connectivity index (χ2n) is 6.37. The molecule has 0 radical (unpaired) electrons. The standard InChI is InChI=1S/C22H24N2O3S/c1-16(12-13-23)28-21-10-4-3-9-20(21)24-22(26)11-6-14-27-19-8-5-7-18(15-19)17(2)25/h3-5,7-10,15-16H,6,11-12,14H2,1-2H3,(H,24,26). The summed E-state index contributed by atoms with van der Waals surface area (Å²) in [7, 11) is 0. The maximum atomic E-state index is 12.3. The van der Waals surface area contributed by atoms with Crippen molar-refractivity contribution in [2.75, 3.05) is 11.9 Å². The Hall–Kier alpha value is -2.78. The molecular formula is C22H24N2O3S. The van der Waals surface area contributed by atoms with Crippen LogP contribution in [0.1, 0.15) is 43.5 Å². The van der Waals surface area contributed by atoms with Gasteiger partial charge in [0, 0.05) is 28.6 Å². The van der Waals surface area contributed by atoms with Crippen molar-refractivity contribution in [2.45, 2.75) is 43.3 Å². The fourth-order valence-corrected chi connectivity index (χ4v) is 3.49. The van der Waals surface area contributed by atoms with Gasteiger partial charge in [-0.05, 0) is 37.6 Å². The largest absolute Gasteiger partial charge is 0.494 e. The van der Waals surface area contributed by atoms with E-state index in [4.69, 9.17) is 10.00 Å². The summed E-state index contributed by atoms with van der Waals surface area (Å²) in [6.45, 7) is 3.90. The summed E-state index contributed by atoms with van der Waals surface area (Å²) in [6.07, 6.45) is 1.35. The maximum absolute atomic E-state index is 12.3. The summed E-state index contributed by atoms with van der Waals surface area (Å²) in [5.41, 5.74) is 1.37. The number of carbonyl (C=O) groups excluding carboxylic acids is 2. The lowest BCUT2D eigenvalue weighted by Crippen LogP contribution is -2.13. The van der Waals surface area contributed by atoms with Crippen LogP contribution in [0.25, 0.3) is 0 Å². The number of nitriles is 1. The molecule has 28 heavy (non-hydrogen) atoms. The number of rotatable bonds is 10. The van der Waals surface area contributed by atoms with Crippen molar-refractivity contribution in [1.82, 2.24) is 0 Å². The number of para-hydroxylation sites is 1. The van der Waals surface area contributed by atoms with Crippen molar-refractivity contribution in [3.8, 4) is 11.8 Å². The molecule has 1 unspecified atom stereocenters. The third-order valence-corrected chi connectivity index (χ3v) is 5.10. The number of nitrogens with one attached hydrogen (secondary N) is 1. The van der Waals surface area contributed by atoms with Gasteiger partial charge in [-0.15, -0.1) is 11.8 Å². The van der Waals surface area contributed by atoms with E-state index in [1.807, 2.05) is 31.2 Å². The third kappa shape index (κ3) is 7.09. The molecule has 0 heterocycles. The molecule has 0 aromatic heterocycles. The Labute approximate surface area is 170 Å². The number of hydrogen-bond acceptors (Lipinski definition) is 5. The highest BCUT2D eigenvalue weighted by Gasteiger charge is 2.10. The topological polar surface area (TPSA) is 79.2 Å². The van der Waals surface area contributed by atoms with E-state index in [-0.39, 0.29) is 16.9 Å². The van der Waals surface area contributed by atoms with Crippen molar-refractivity contribution in [1.29, 1.82) is 5.26 Å². The molecule has 1 atom stereocenters. The molecule has 0 saturated carbocycles. The minimum atomic E-state index is -0.0814. The summed E-state index contributed by atoms with van der Waals surface area (Å²) < 4.78 is 5.63. The lowest BCUT2D eigenvalue weighted by atomic mass is 10.1. The van der Waals surface area contributed by atoms with Gasteiger partial charge in [-0.3, -0.25) is 9.59 Å². The summed E-state index contributed by atoms with van der Waals surface area (Å²) in [6, 6.07) is 16.8. The van der Waals surface area contributed by atoms with E-state index in [9.17, 15) is 9.59 Å². The van der Waals surface area contributed by atoms with E-state index >= 15 is 0 Å². The molecule has 146 valence electrons. The molecule has 0 bridgehead atoms. The second-order valence-corrected chi connectivity index (χ2v) is 7.85. The molecule has 0 fully saturated rings. The summed E-state index contributed by atoms with van der Waals surface area (Å²) >= 11 is 1.58. The van der Waals surface area contributed by atoms with Gasteiger partial charge in [0.2, 0.25) is 5.91 Å². The van der Waals surface area contributed by atoms with Crippen LogP contribution in [0.3, 0.4) is 0 Å². The number of benzene rings is 2. The van der Waals surface area contributed by atoms with Gasteiger partial charge < -0.3 is 10.1 Å². The molecule has 0 spiro atoms. The first-order chi connectivity index (χ1) is 13.5. The normalized spacial score (nSPS) is 11.3. The molecule has 0 saturated heterocycles. The van der Waals surface area contributed by atoms with E-state index in [2.05, 4.69) is 11.4 Å². The minimum absolute atomic E-state index is 0.00884. The first-order valence-corrected chi connectivity index (χ1v) is 10.0. The van der Waals surface area contributed by atoms with Crippen LogP contribution < -0.4 is 10.1 Å². The molecule has 2 aromatic rings. The van der Waals surface area contributed by atoms with Crippen molar-refractivity contribution in [3.05, 3.63) is 54.1 Å². The van der Waals surface area contributed by atoms with Crippen LogP contribution in [0.2, 0.25) is 0 Å². The average molecular weight is 397 g/mol. The van der Waals surface area contributed by atoms with Gasteiger partial charge in [0.15, 0.2) is 5.78 Å². The number of nitrogens with zero attached hydrogens (tertiary/aromatic N) is 1. The van der Waals surface area contributed by atoms with E-state index in [0.717, 1.165) is 10.6 Å². The molecule has 1 N–H and O–H groups in total. The van der Waals surface area contributed by atoms with Crippen LogP contribution in [0.5, 0.6) is 5.75 Å². The number of amides is 1. The quantitative estimate of drug-likeness (QED) is 0.344. The highest BCUT2D eigenvalue weighted by molar-refractivity contribution is 8.00. The van der Waals surface area contributed by atoms with E-state index in [1.54, 1.807) is 36.0 Å². The molecule has 0 aliphatic rings. The first kappa shape index (κ1) is 21.5. The van der Waals surface area contributed by atoms with Gasteiger partial charge in [0.05, 0.1) is 18.4 Å². The summed E-state index contributed by atoms with van der Waals surface area (Å²) in [5, 5.41) is 11.9. The minimum Gasteiger partial charge on any atom is -0.494 e. The number of thioether (sulfide) groups is 1. The van der Waals surface area contributed by atoms with Gasteiger partial charge in [-0.1, -0.05) is 31.2 Å². The zero-order valence-electron chi connectivity index (χ0n) is 16.1. The van der Waals surface area contributed by atoms with E-state index in [0.29, 0.717) is 37.2 Å². The van der Waals surface area contributed by atoms with Crippen LogP contribution in [0.4, 0.5) is 5.69 Å². The number of ether oxygens (including phenoxy) is 1. The lowest BCUT2D eigenvalue weighted by molar-refractivity contribution is -0.116. The van der Waals surface area contributed by atoms with E-state index in [1.165, 1.54) is 6.92 Å². The van der Waals surface area contributed by atoms with Gasteiger partial charge in [0.1, 0.15) is 5.75 Å². The van der Waals surface area contributed by atoms with Crippen LogP contribution in [-0.4, -0.2) is 23.5 Å². The van der Waals surface area contributed by atoms with Gasteiger partial charge in [-0.2, -0.15) is 5.26 Å². The molecular weight excluding hydrogens is 372 g/mol. The lowest BCUT2D eigenvalue weighted by Gasteiger charge is -2.13. The van der Waals surface area contributed by atoms with Crippen LogP contribution in [0, 0.1) is 11.3 Å². The van der Waals surface area contributed by atoms with Crippen molar-refractivity contribution < 1.29 is 14.3 Å². The highest BCUT2D eigenvalue weighted by atomic mass is 32.2. The predicted octanol–water partition coefficient (Wildman–Crippen LogP) is 5.08. The van der Waals surface area contributed by atoms with Gasteiger partial charge in [0.25, 0.3) is 0 Å². The first-order valence-electron chi connectivity index (χ1n) is 9.16.